The third-order valence-corrected chi connectivity index (χ3v) is 7.91. The number of benzene rings is 2. The first-order valence-corrected chi connectivity index (χ1v) is 11.2. The standard InChI is InChI=1S/C24H26O5S/c1-13-8-18(26)16(23-22(28)19(27)10-15(12-25)29-23)11-17(13)24(6-7-24)21-9-14-4-2-3-5-20(14)30-21/h2-5,8-9,11,15,19,22-23,25-28H,6-7,10,12H2,1H3/t15-,19-,22+,23-/m0/s1. The van der Waals surface area contributed by atoms with E-state index in [0.717, 1.165) is 24.0 Å². The predicted octanol–water partition coefficient (Wildman–Crippen LogP) is 3.54. The van der Waals surface area contributed by atoms with Gasteiger partial charge in [-0.25, -0.2) is 0 Å². The van der Waals surface area contributed by atoms with Gasteiger partial charge < -0.3 is 25.2 Å². The third kappa shape index (κ3) is 3.15. The van der Waals surface area contributed by atoms with Crippen LogP contribution in [0.15, 0.2) is 42.5 Å². The number of hydrogen-bond acceptors (Lipinski definition) is 6. The Bertz CT molecular complexity index is 1050. The first kappa shape index (κ1) is 20.0. The highest BCUT2D eigenvalue weighted by Crippen LogP contribution is 2.58. The van der Waals surface area contributed by atoms with Crippen molar-refractivity contribution in [2.45, 2.75) is 56.0 Å². The molecule has 5 nitrogen and oxygen atoms in total. The van der Waals surface area contributed by atoms with Gasteiger partial charge in [-0.2, -0.15) is 0 Å². The van der Waals surface area contributed by atoms with Gasteiger partial charge in [0, 0.05) is 27.0 Å². The Kier molecular flexibility index (Phi) is 4.87. The fourth-order valence-corrected chi connectivity index (χ4v) is 6.10. The molecule has 2 aromatic carbocycles. The van der Waals surface area contributed by atoms with Gasteiger partial charge in [-0.15, -0.1) is 11.3 Å². The van der Waals surface area contributed by atoms with Crippen molar-refractivity contribution in [3.63, 3.8) is 0 Å². The average molecular weight is 427 g/mol. The van der Waals surface area contributed by atoms with Crippen molar-refractivity contribution in [1.29, 1.82) is 0 Å². The van der Waals surface area contributed by atoms with Crippen LogP contribution >= 0.6 is 11.3 Å². The summed E-state index contributed by atoms with van der Waals surface area (Å²) in [7, 11) is 0. The Morgan fingerprint density at radius 3 is 2.60 bits per heavy atom. The summed E-state index contributed by atoms with van der Waals surface area (Å²) in [6.07, 6.45) is -1.41. The van der Waals surface area contributed by atoms with Gasteiger partial charge in [0.25, 0.3) is 0 Å². The summed E-state index contributed by atoms with van der Waals surface area (Å²) in [5.41, 5.74) is 2.49. The number of fused-ring (bicyclic) bond motifs is 1. The van der Waals surface area contributed by atoms with E-state index in [-0.39, 0.29) is 24.2 Å². The number of hydrogen-bond donors (Lipinski definition) is 4. The molecule has 2 heterocycles. The van der Waals surface area contributed by atoms with E-state index in [4.69, 9.17) is 4.74 Å². The van der Waals surface area contributed by atoms with Crippen LogP contribution in [0, 0.1) is 6.92 Å². The van der Waals surface area contributed by atoms with Crippen molar-refractivity contribution in [3.05, 3.63) is 64.0 Å². The Balaban J connectivity index is 1.58. The minimum absolute atomic E-state index is 0.0400. The van der Waals surface area contributed by atoms with Gasteiger partial charge in [0.2, 0.25) is 0 Å². The minimum atomic E-state index is -1.16. The minimum Gasteiger partial charge on any atom is -0.508 e. The van der Waals surface area contributed by atoms with Gasteiger partial charge >= 0.3 is 0 Å². The molecule has 1 aliphatic heterocycles. The molecule has 4 N–H and O–H groups in total. The molecule has 4 atom stereocenters. The SMILES string of the molecule is Cc1cc(O)c([C@@H]2O[C@H](CO)C[C@H](O)[C@H]2O)cc1C1(c2cc3ccccc3s2)CC1. The Morgan fingerprint density at radius 1 is 1.13 bits per heavy atom. The number of aliphatic hydroxyl groups is 3. The molecule has 6 heteroatoms. The normalized spacial score (nSPS) is 28.0. The number of aliphatic hydroxyl groups excluding tert-OH is 3. The summed E-state index contributed by atoms with van der Waals surface area (Å²) in [6, 6.07) is 14.3. The zero-order chi connectivity index (χ0) is 21.0. The zero-order valence-corrected chi connectivity index (χ0v) is 17.6. The largest absolute Gasteiger partial charge is 0.508 e. The van der Waals surface area contributed by atoms with Gasteiger partial charge in [-0.3, -0.25) is 0 Å². The van der Waals surface area contributed by atoms with Crippen LogP contribution in [0.1, 0.15) is 46.9 Å². The maximum Gasteiger partial charge on any atom is 0.121 e. The molecule has 2 aliphatic rings. The van der Waals surface area contributed by atoms with E-state index < -0.39 is 24.4 Å². The van der Waals surface area contributed by atoms with Crippen LogP contribution in [0.2, 0.25) is 0 Å². The number of ether oxygens (including phenoxy) is 1. The molecule has 1 aromatic heterocycles. The highest BCUT2D eigenvalue weighted by Gasteiger charge is 2.49. The van der Waals surface area contributed by atoms with Gasteiger partial charge in [-0.05, 0) is 60.5 Å². The third-order valence-electron chi connectivity index (χ3n) is 6.59. The van der Waals surface area contributed by atoms with Gasteiger partial charge in [-0.1, -0.05) is 18.2 Å². The fourth-order valence-electron chi connectivity index (χ4n) is 4.77. The molecule has 0 unspecified atom stereocenters. The highest BCUT2D eigenvalue weighted by atomic mass is 32.1. The summed E-state index contributed by atoms with van der Waals surface area (Å²) in [6.45, 7) is 1.75. The molecule has 3 aromatic rings. The second-order valence-corrected chi connectivity index (χ2v) is 9.70. The second-order valence-electron chi connectivity index (χ2n) is 8.61. The zero-order valence-electron chi connectivity index (χ0n) is 16.8. The summed E-state index contributed by atoms with van der Waals surface area (Å²) in [5, 5.41) is 42.2. The van der Waals surface area contributed by atoms with Crippen molar-refractivity contribution in [2.24, 2.45) is 0 Å². The maximum atomic E-state index is 10.7. The quantitative estimate of drug-likeness (QED) is 0.512. The molecule has 1 aliphatic carbocycles. The molecule has 158 valence electrons. The Labute approximate surface area is 179 Å². The topological polar surface area (TPSA) is 90.2 Å². The number of phenols is 1. The Hall–Kier alpha value is -1.96. The van der Waals surface area contributed by atoms with E-state index in [1.165, 1.54) is 15.0 Å². The predicted molar refractivity (Wildman–Crippen MR) is 116 cm³/mol. The number of aromatic hydroxyl groups is 1. The van der Waals surface area contributed by atoms with Crippen molar-refractivity contribution in [3.8, 4) is 5.75 Å². The second kappa shape index (κ2) is 7.32. The van der Waals surface area contributed by atoms with E-state index >= 15 is 0 Å². The lowest BCUT2D eigenvalue weighted by molar-refractivity contribution is -0.180. The monoisotopic (exact) mass is 426 g/mol. The lowest BCUT2D eigenvalue weighted by Gasteiger charge is -2.37. The van der Waals surface area contributed by atoms with Crippen LogP contribution in [0.4, 0.5) is 0 Å². The average Bonchev–Trinajstić information content (AvgIpc) is 3.41. The van der Waals surface area contributed by atoms with Crippen molar-refractivity contribution in [1.82, 2.24) is 0 Å². The molecule has 2 fully saturated rings. The summed E-state index contributed by atoms with van der Waals surface area (Å²) < 4.78 is 7.11. The van der Waals surface area contributed by atoms with E-state index in [2.05, 4.69) is 24.3 Å². The number of phenolic OH excluding ortho intramolecular Hbond substituents is 1. The summed E-state index contributed by atoms with van der Waals surface area (Å²) in [4.78, 5) is 1.31. The van der Waals surface area contributed by atoms with Crippen LogP contribution in [0.3, 0.4) is 0 Å². The van der Waals surface area contributed by atoms with Crippen LogP contribution in [-0.2, 0) is 10.2 Å². The molecular formula is C24H26O5S. The molecule has 0 spiro atoms. The first-order chi connectivity index (χ1) is 14.4. The first-order valence-electron chi connectivity index (χ1n) is 10.4. The van der Waals surface area contributed by atoms with Gasteiger partial charge in [0.1, 0.15) is 18.0 Å². The van der Waals surface area contributed by atoms with E-state index in [9.17, 15) is 20.4 Å². The van der Waals surface area contributed by atoms with Crippen LogP contribution < -0.4 is 0 Å². The van der Waals surface area contributed by atoms with Crippen LogP contribution in [-0.4, -0.2) is 45.3 Å². The molecular weight excluding hydrogens is 400 g/mol. The van der Waals surface area contributed by atoms with E-state index in [0.29, 0.717) is 5.56 Å². The molecule has 0 bridgehead atoms. The lowest BCUT2D eigenvalue weighted by Crippen LogP contribution is -2.44. The van der Waals surface area contributed by atoms with E-state index in [1.54, 1.807) is 17.4 Å². The van der Waals surface area contributed by atoms with Gasteiger partial charge in [0.15, 0.2) is 0 Å². The van der Waals surface area contributed by atoms with Crippen molar-refractivity contribution in [2.75, 3.05) is 6.61 Å². The molecule has 0 amide bonds. The Morgan fingerprint density at radius 2 is 1.90 bits per heavy atom. The van der Waals surface area contributed by atoms with E-state index in [1.807, 2.05) is 19.1 Å². The van der Waals surface area contributed by atoms with Crippen molar-refractivity contribution >= 4 is 21.4 Å². The molecule has 0 radical (unpaired) electrons. The smallest absolute Gasteiger partial charge is 0.121 e. The number of aryl methyl sites for hydroxylation is 1. The summed E-state index contributed by atoms with van der Waals surface area (Å²) in [5.74, 6) is 0.0400. The maximum absolute atomic E-state index is 10.7. The molecule has 1 saturated carbocycles. The lowest BCUT2D eigenvalue weighted by atomic mass is 9.85. The van der Waals surface area contributed by atoms with Crippen LogP contribution in [0.5, 0.6) is 5.75 Å². The summed E-state index contributed by atoms with van der Waals surface area (Å²) >= 11 is 1.80. The molecule has 30 heavy (non-hydrogen) atoms. The number of thiophene rings is 1. The molecule has 5 rings (SSSR count). The fraction of sp³-hybridized carbons (Fsp3) is 0.417. The number of rotatable bonds is 4. The molecule has 1 saturated heterocycles. The van der Waals surface area contributed by atoms with Gasteiger partial charge in [0.05, 0.1) is 18.8 Å². The highest BCUT2D eigenvalue weighted by molar-refractivity contribution is 7.19. The van der Waals surface area contributed by atoms with Crippen LogP contribution in [0.25, 0.3) is 10.1 Å². The van der Waals surface area contributed by atoms with Crippen molar-refractivity contribution < 1.29 is 25.2 Å².